The summed E-state index contributed by atoms with van der Waals surface area (Å²) in [5.74, 6) is 0.520. The minimum atomic E-state index is -4.49. The zero-order valence-electron chi connectivity index (χ0n) is 15.4. The highest BCUT2D eigenvalue weighted by Gasteiger charge is 2.34. The van der Waals surface area contributed by atoms with E-state index in [1.807, 2.05) is 5.38 Å². The predicted octanol–water partition coefficient (Wildman–Crippen LogP) is 5.25. The summed E-state index contributed by atoms with van der Waals surface area (Å²) < 4.78 is 45.8. The highest BCUT2D eigenvalue weighted by molar-refractivity contribution is 7.07. The molecule has 0 bridgehead atoms. The molecule has 0 aliphatic rings. The number of hydrogen-bond acceptors (Lipinski definition) is 6. The topological polar surface area (TPSA) is 65.7 Å². The van der Waals surface area contributed by atoms with Crippen LogP contribution in [0.5, 0.6) is 5.88 Å². The van der Waals surface area contributed by atoms with Gasteiger partial charge in [-0.2, -0.15) is 18.2 Å². The van der Waals surface area contributed by atoms with E-state index in [2.05, 4.69) is 19.9 Å². The van der Waals surface area contributed by atoms with Gasteiger partial charge >= 0.3 is 6.18 Å². The van der Waals surface area contributed by atoms with Crippen LogP contribution in [0.15, 0.2) is 47.5 Å². The van der Waals surface area contributed by atoms with Gasteiger partial charge in [-0.3, -0.25) is 0 Å². The second-order valence-corrected chi connectivity index (χ2v) is 7.33. The fraction of sp³-hybridized carbons (Fsp3) is 0.158. The highest BCUT2D eigenvalue weighted by atomic mass is 35.5. The number of halogens is 4. The number of ether oxygens (including phenoxy) is 1. The maximum Gasteiger partial charge on any atom is 0.434 e. The Morgan fingerprint density at radius 3 is 2.53 bits per heavy atom. The normalized spacial score (nSPS) is 11.6. The third-order valence-electron chi connectivity index (χ3n) is 4.19. The summed E-state index contributed by atoms with van der Waals surface area (Å²) in [7, 11) is 1.52. The first-order chi connectivity index (χ1) is 14.3. The number of imidazole rings is 1. The van der Waals surface area contributed by atoms with E-state index in [0.29, 0.717) is 22.7 Å². The number of benzene rings is 1. The van der Waals surface area contributed by atoms with E-state index in [0.717, 1.165) is 11.8 Å². The molecule has 0 spiro atoms. The molecule has 0 fully saturated rings. The molecule has 154 valence electrons. The molecule has 0 atom stereocenters. The molecule has 0 aliphatic heterocycles. The van der Waals surface area contributed by atoms with E-state index in [1.165, 1.54) is 23.0 Å². The Morgan fingerprint density at radius 1 is 1.13 bits per heavy atom. The molecule has 4 aromatic rings. The summed E-state index contributed by atoms with van der Waals surface area (Å²) >= 11 is 7.32. The number of thiazole rings is 1. The lowest BCUT2D eigenvalue weighted by atomic mass is 10.1. The Labute approximate surface area is 178 Å². The summed E-state index contributed by atoms with van der Waals surface area (Å²) in [6.07, 6.45) is -1.98. The lowest BCUT2D eigenvalue weighted by molar-refractivity contribution is -0.140. The van der Waals surface area contributed by atoms with Crippen LogP contribution in [0.25, 0.3) is 22.6 Å². The van der Waals surface area contributed by atoms with Gasteiger partial charge in [-0.05, 0) is 17.2 Å². The van der Waals surface area contributed by atoms with Crippen LogP contribution in [0.3, 0.4) is 0 Å². The van der Waals surface area contributed by atoms with Gasteiger partial charge in [0.15, 0.2) is 5.69 Å². The minimum Gasteiger partial charge on any atom is -0.472 e. The number of alkyl halides is 3. The number of aromatic nitrogens is 5. The maximum atomic E-state index is 12.9. The van der Waals surface area contributed by atoms with Crippen LogP contribution >= 0.6 is 22.9 Å². The van der Waals surface area contributed by atoms with Crippen molar-refractivity contribution in [3.8, 4) is 28.5 Å². The molecule has 3 heterocycles. The van der Waals surface area contributed by atoms with Crippen LogP contribution in [0, 0.1) is 0 Å². The van der Waals surface area contributed by atoms with Crippen molar-refractivity contribution in [1.29, 1.82) is 0 Å². The predicted molar refractivity (Wildman–Crippen MR) is 106 cm³/mol. The van der Waals surface area contributed by atoms with Gasteiger partial charge in [-0.1, -0.05) is 24.3 Å². The first-order valence-corrected chi connectivity index (χ1v) is 9.87. The molecule has 0 amide bonds. The van der Waals surface area contributed by atoms with Crippen LogP contribution < -0.4 is 4.74 Å². The number of rotatable bonds is 5. The van der Waals surface area contributed by atoms with Crippen molar-refractivity contribution in [2.75, 3.05) is 0 Å². The van der Waals surface area contributed by atoms with Gasteiger partial charge in [0.1, 0.15) is 12.4 Å². The quantitative estimate of drug-likeness (QED) is 0.388. The third kappa shape index (κ3) is 4.29. The summed E-state index contributed by atoms with van der Waals surface area (Å²) in [4.78, 5) is 16.0. The average molecular weight is 452 g/mol. The first-order valence-electron chi connectivity index (χ1n) is 8.55. The molecule has 6 nitrogen and oxygen atoms in total. The first kappa shape index (κ1) is 20.3. The van der Waals surface area contributed by atoms with Crippen LogP contribution in [0.4, 0.5) is 13.2 Å². The molecular weight excluding hydrogens is 439 g/mol. The van der Waals surface area contributed by atoms with Gasteiger partial charge in [0.25, 0.3) is 0 Å². The Kier molecular flexibility index (Phi) is 5.44. The van der Waals surface area contributed by atoms with Crippen molar-refractivity contribution >= 4 is 22.9 Å². The highest BCUT2D eigenvalue weighted by Crippen LogP contribution is 2.31. The maximum absolute atomic E-state index is 12.9. The molecule has 1 aromatic carbocycles. The van der Waals surface area contributed by atoms with E-state index in [4.69, 9.17) is 16.3 Å². The molecule has 4 rings (SSSR count). The second kappa shape index (κ2) is 8.04. The van der Waals surface area contributed by atoms with Crippen molar-refractivity contribution in [1.82, 2.24) is 24.5 Å². The Hall–Kier alpha value is -2.98. The lowest BCUT2D eigenvalue weighted by Gasteiger charge is -2.10. The zero-order valence-corrected chi connectivity index (χ0v) is 17.0. The van der Waals surface area contributed by atoms with E-state index >= 15 is 0 Å². The SMILES string of the molecule is Cn1cc(C(F)(F)F)nc1-c1ccc(COc2nc(Cl)ncc2-c2cscn2)cc1. The van der Waals surface area contributed by atoms with Crippen molar-refractivity contribution < 1.29 is 17.9 Å². The van der Waals surface area contributed by atoms with Gasteiger partial charge < -0.3 is 9.30 Å². The summed E-state index contributed by atoms with van der Waals surface area (Å²) in [6, 6.07) is 6.89. The molecule has 30 heavy (non-hydrogen) atoms. The lowest BCUT2D eigenvalue weighted by Crippen LogP contribution is -2.04. The molecule has 0 saturated carbocycles. The Balaban J connectivity index is 1.52. The number of aryl methyl sites for hydroxylation is 1. The summed E-state index contributed by atoms with van der Waals surface area (Å²) in [5.41, 5.74) is 3.41. The smallest absolute Gasteiger partial charge is 0.434 e. The van der Waals surface area contributed by atoms with Crippen LogP contribution in [-0.2, 0) is 19.8 Å². The molecule has 3 aromatic heterocycles. The molecule has 0 radical (unpaired) electrons. The minimum absolute atomic E-state index is 0.0505. The second-order valence-electron chi connectivity index (χ2n) is 6.28. The molecule has 11 heteroatoms. The van der Waals surface area contributed by atoms with Gasteiger partial charge in [0, 0.05) is 30.4 Å². The van der Waals surface area contributed by atoms with Crippen molar-refractivity contribution in [2.24, 2.45) is 7.05 Å². The third-order valence-corrected chi connectivity index (χ3v) is 4.96. The van der Waals surface area contributed by atoms with E-state index in [1.54, 1.807) is 36.0 Å². The molecular formula is C19H13ClF3N5OS. The van der Waals surface area contributed by atoms with Crippen LogP contribution in [-0.4, -0.2) is 24.5 Å². The van der Waals surface area contributed by atoms with E-state index in [9.17, 15) is 13.2 Å². The average Bonchev–Trinajstić information content (AvgIpc) is 3.36. The molecule has 0 unspecified atom stereocenters. The van der Waals surface area contributed by atoms with Gasteiger partial charge in [0.2, 0.25) is 11.2 Å². The van der Waals surface area contributed by atoms with Crippen molar-refractivity contribution in [3.63, 3.8) is 0 Å². The fourth-order valence-electron chi connectivity index (χ4n) is 2.75. The van der Waals surface area contributed by atoms with Gasteiger partial charge in [-0.25, -0.2) is 15.0 Å². The van der Waals surface area contributed by atoms with Gasteiger partial charge in [-0.15, -0.1) is 11.3 Å². The fourth-order valence-corrected chi connectivity index (χ4v) is 3.43. The molecule has 0 aliphatic carbocycles. The Morgan fingerprint density at radius 2 is 1.90 bits per heavy atom. The molecule has 0 N–H and O–H groups in total. The summed E-state index contributed by atoms with van der Waals surface area (Å²) in [6.45, 7) is 0.180. The Bertz CT molecular complexity index is 1160. The molecule has 0 saturated heterocycles. The number of hydrogen-bond donors (Lipinski definition) is 0. The monoisotopic (exact) mass is 451 g/mol. The number of nitrogens with zero attached hydrogens (tertiary/aromatic N) is 5. The van der Waals surface area contributed by atoms with E-state index < -0.39 is 11.9 Å². The van der Waals surface area contributed by atoms with Crippen LogP contribution in [0.1, 0.15) is 11.3 Å². The van der Waals surface area contributed by atoms with Crippen molar-refractivity contribution in [2.45, 2.75) is 12.8 Å². The van der Waals surface area contributed by atoms with Crippen LogP contribution in [0.2, 0.25) is 5.28 Å². The van der Waals surface area contributed by atoms with Gasteiger partial charge in [0.05, 0.1) is 16.8 Å². The van der Waals surface area contributed by atoms with Crippen molar-refractivity contribution in [3.05, 3.63) is 64.1 Å². The standard InChI is InChI=1S/C19H13ClF3N5OS/c1-28-7-15(19(21,22)23)26-16(28)12-4-2-11(3-5-12)8-29-17-13(6-24-18(20)27-17)14-9-30-10-25-14/h2-7,9-10H,8H2,1H3. The largest absolute Gasteiger partial charge is 0.472 e. The zero-order chi connectivity index (χ0) is 21.3. The van der Waals surface area contributed by atoms with E-state index in [-0.39, 0.29) is 17.7 Å². The summed E-state index contributed by atoms with van der Waals surface area (Å²) in [5, 5.41) is 1.89.